The lowest BCUT2D eigenvalue weighted by molar-refractivity contribution is 0.112. The van der Waals surface area contributed by atoms with Crippen molar-refractivity contribution in [2.24, 2.45) is 7.05 Å². The Labute approximate surface area is 81.1 Å². The van der Waals surface area contributed by atoms with E-state index in [4.69, 9.17) is 4.74 Å². The van der Waals surface area contributed by atoms with Gasteiger partial charge in [-0.25, -0.2) is 0 Å². The fraction of sp³-hybridized carbons (Fsp3) is 0.200. The SMILES string of the molecule is COc1cc(C=O)cc2cnn(C)c12. The van der Waals surface area contributed by atoms with Gasteiger partial charge >= 0.3 is 0 Å². The third kappa shape index (κ3) is 1.16. The highest BCUT2D eigenvalue weighted by atomic mass is 16.5. The average Bonchev–Trinajstić information content (AvgIpc) is 2.59. The molecule has 0 saturated carbocycles. The van der Waals surface area contributed by atoms with Gasteiger partial charge in [0.1, 0.15) is 17.6 Å². The fourth-order valence-corrected chi connectivity index (χ4v) is 1.53. The van der Waals surface area contributed by atoms with Crippen molar-refractivity contribution in [3.63, 3.8) is 0 Å². The summed E-state index contributed by atoms with van der Waals surface area (Å²) in [5, 5.41) is 5.01. The number of methoxy groups -OCH3 is 1. The van der Waals surface area contributed by atoms with Gasteiger partial charge in [-0.3, -0.25) is 9.48 Å². The van der Waals surface area contributed by atoms with E-state index in [-0.39, 0.29) is 0 Å². The highest BCUT2D eigenvalue weighted by molar-refractivity contribution is 5.91. The first-order valence-electron chi connectivity index (χ1n) is 4.21. The third-order valence-electron chi connectivity index (χ3n) is 2.18. The zero-order chi connectivity index (χ0) is 10.1. The molecule has 0 unspecified atom stereocenters. The number of hydrogen-bond acceptors (Lipinski definition) is 3. The van der Waals surface area contributed by atoms with E-state index in [0.717, 1.165) is 17.2 Å². The Hall–Kier alpha value is -1.84. The van der Waals surface area contributed by atoms with E-state index in [1.807, 2.05) is 7.05 Å². The quantitative estimate of drug-likeness (QED) is 0.672. The molecule has 0 spiro atoms. The van der Waals surface area contributed by atoms with Gasteiger partial charge in [0.2, 0.25) is 0 Å². The van der Waals surface area contributed by atoms with Crippen LogP contribution in [0.5, 0.6) is 5.75 Å². The molecule has 0 fully saturated rings. The number of rotatable bonds is 2. The number of benzene rings is 1. The van der Waals surface area contributed by atoms with E-state index in [0.29, 0.717) is 11.3 Å². The summed E-state index contributed by atoms with van der Waals surface area (Å²) in [6.07, 6.45) is 2.51. The Kier molecular flexibility index (Phi) is 1.96. The summed E-state index contributed by atoms with van der Waals surface area (Å²) in [5.41, 5.74) is 1.50. The molecule has 4 nitrogen and oxygen atoms in total. The van der Waals surface area contributed by atoms with Crippen LogP contribution in [0.1, 0.15) is 10.4 Å². The van der Waals surface area contributed by atoms with Gasteiger partial charge in [0, 0.05) is 18.0 Å². The number of aromatic nitrogens is 2. The lowest BCUT2D eigenvalue weighted by Crippen LogP contribution is -1.94. The summed E-state index contributed by atoms with van der Waals surface area (Å²) in [4.78, 5) is 10.6. The van der Waals surface area contributed by atoms with E-state index >= 15 is 0 Å². The molecule has 0 bridgehead atoms. The first kappa shape index (κ1) is 8.74. The second-order valence-corrected chi connectivity index (χ2v) is 3.05. The predicted octanol–water partition coefficient (Wildman–Crippen LogP) is 1.39. The van der Waals surface area contributed by atoms with E-state index < -0.39 is 0 Å². The Morgan fingerprint density at radius 2 is 2.29 bits per heavy atom. The molecule has 1 heterocycles. The van der Waals surface area contributed by atoms with Crippen molar-refractivity contribution in [1.82, 2.24) is 9.78 Å². The number of nitrogens with zero attached hydrogens (tertiary/aromatic N) is 2. The van der Waals surface area contributed by atoms with Crippen molar-refractivity contribution < 1.29 is 9.53 Å². The van der Waals surface area contributed by atoms with Gasteiger partial charge in [-0.2, -0.15) is 5.10 Å². The Balaban J connectivity index is 2.82. The van der Waals surface area contributed by atoms with Crippen molar-refractivity contribution in [3.8, 4) is 5.75 Å². The van der Waals surface area contributed by atoms with Crippen LogP contribution in [0.4, 0.5) is 0 Å². The standard InChI is InChI=1S/C10H10N2O2/c1-12-10-8(5-11-12)3-7(6-13)4-9(10)14-2/h3-6H,1-2H3. The number of fused-ring (bicyclic) bond motifs is 1. The molecule has 0 saturated heterocycles. The average molecular weight is 190 g/mol. The summed E-state index contributed by atoms with van der Waals surface area (Å²) < 4.78 is 6.91. The van der Waals surface area contributed by atoms with Gasteiger partial charge in [0.15, 0.2) is 0 Å². The highest BCUT2D eigenvalue weighted by Gasteiger charge is 2.07. The largest absolute Gasteiger partial charge is 0.494 e. The maximum atomic E-state index is 10.6. The molecule has 0 aliphatic carbocycles. The number of carbonyl (C=O) groups excluding carboxylic acids is 1. The molecule has 0 amide bonds. The molecule has 2 rings (SSSR count). The number of aryl methyl sites for hydroxylation is 1. The Morgan fingerprint density at radius 1 is 1.50 bits per heavy atom. The van der Waals surface area contributed by atoms with Gasteiger partial charge in [0.25, 0.3) is 0 Å². The van der Waals surface area contributed by atoms with Crippen molar-refractivity contribution in [3.05, 3.63) is 23.9 Å². The summed E-state index contributed by atoms with van der Waals surface area (Å²) in [5.74, 6) is 0.671. The summed E-state index contributed by atoms with van der Waals surface area (Å²) in [7, 11) is 3.42. The van der Waals surface area contributed by atoms with E-state index in [1.165, 1.54) is 0 Å². The molecule has 0 aliphatic rings. The van der Waals surface area contributed by atoms with E-state index in [2.05, 4.69) is 5.10 Å². The Bertz CT molecular complexity index is 488. The predicted molar refractivity (Wildman–Crippen MR) is 52.7 cm³/mol. The molecule has 72 valence electrons. The maximum absolute atomic E-state index is 10.6. The van der Waals surface area contributed by atoms with Crippen LogP contribution in [0.3, 0.4) is 0 Å². The lowest BCUT2D eigenvalue weighted by Gasteiger charge is -2.04. The summed E-state index contributed by atoms with van der Waals surface area (Å²) in [6.45, 7) is 0. The molecular weight excluding hydrogens is 180 g/mol. The first-order valence-corrected chi connectivity index (χ1v) is 4.21. The maximum Gasteiger partial charge on any atom is 0.150 e. The molecule has 1 aromatic heterocycles. The van der Waals surface area contributed by atoms with E-state index in [1.54, 1.807) is 30.1 Å². The first-order chi connectivity index (χ1) is 6.76. The molecule has 1 aromatic carbocycles. The smallest absolute Gasteiger partial charge is 0.150 e. The van der Waals surface area contributed by atoms with Crippen molar-refractivity contribution in [2.75, 3.05) is 7.11 Å². The minimum atomic E-state index is 0.599. The zero-order valence-electron chi connectivity index (χ0n) is 8.02. The van der Waals surface area contributed by atoms with Crippen molar-refractivity contribution in [1.29, 1.82) is 0 Å². The van der Waals surface area contributed by atoms with Crippen molar-refractivity contribution in [2.45, 2.75) is 0 Å². The monoisotopic (exact) mass is 190 g/mol. The number of carbonyl (C=O) groups is 1. The van der Waals surface area contributed by atoms with Gasteiger partial charge in [-0.15, -0.1) is 0 Å². The normalized spacial score (nSPS) is 10.4. The van der Waals surface area contributed by atoms with Crippen LogP contribution < -0.4 is 4.74 Å². The van der Waals surface area contributed by atoms with E-state index in [9.17, 15) is 4.79 Å². The van der Waals surface area contributed by atoms with Crippen LogP contribution >= 0.6 is 0 Å². The molecule has 0 aliphatic heterocycles. The van der Waals surface area contributed by atoms with Crippen molar-refractivity contribution >= 4 is 17.2 Å². The van der Waals surface area contributed by atoms with Crippen LogP contribution in [0.15, 0.2) is 18.3 Å². The van der Waals surface area contributed by atoms with Crippen LogP contribution in [-0.2, 0) is 7.05 Å². The zero-order valence-corrected chi connectivity index (χ0v) is 8.02. The van der Waals surface area contributed by atoms with Crippen LogP contribution in [-0.4, -0.2) is 23.2 Å². The fourth-order valence-electron chi connectivity index (χ4n) is 1.53. The molecule has 0 radical (unpaired) electrons. The van der Waals surface area contributed by atoms with Crippen LogP contribution in [0, 0.1) is 0 Å². The third-order valence-corrected chi connectivity index (χ3v) is 2.18. The van der Waals surface area contributed by atoms with Crippen LogP contribution in [0.2, 0.25) is 0 Å². The molecule has 2 aromatic rings. The van der Waals surface area contributed by atoms with Crippen LogP contribution in [0.25, 0.3) is 10.9 Å². The summed E-state index contributed by atoms with van der Waals surface area (Å²) >= 11 is 0. The highest BCUT2D eigenvalue weighted by Crippen LogP contribution is 2.25. The second-order valence-electron chi connectivity index (χ2n) is 3.05. The minimum Gasteiger partial charge on any atom is -0.494 e. The van der Waals surface area contributed by atoms with Gasteiger partial charge in [0.05, 0.1) is 13.3 Å². The molecular formula is C10H10N2O2. The topological polar surface area (TPSA) is 44.1 Å². The molecule has 4 heteroatoms. The number of aldehydes is 1. The second kappa shape index (κ2) is 3.14. The van der Waals surface area contributed by atoms with Gasteiger partial charge < -0.3 is 4.74 Å². The molecule has 0 N–H and O–H groups in total. The minimum absolute atomic E-state index is 0.599. The molecule has 14 heavy (non-hydrogen) atoms. The lowest BCUT2D eigenvalue weighted by atomic mass is 10.1. The molecule has 0 atom stereocenters. The van der Waals surface area contributed by atoms with Gasteiger partial charge in [-0.05, 0) is 12.1 Å². The Morgan fingerprint density at radius 3 is 2.93 bits per heavy atom. The number of ether oxygens (including phenoxy) is 1. The van der Waals surface area contributed by atoms with Gasteiger partial charge in [-0.1, -0.05) is 0 Å². The summed E-state index contributed by atoms with van der Waals surface area (Å²) in [6, 6.07) is 3.49. The number of hydrogen-bond donors (Lipinski definition) is 0.